The van der Waals surface area contributed by atoms with Gasteiger partial charge in [-0.3, -0.25) is 0 Å². The van der Waals surface area contributed by atoms with E-state index in [1.807, 2.05) is 6.07 Å². The number of hydrogen-bond donors (Lipinski definition) is 2. The Hall–Kier alpha value is -1.07. The predicted octanol–water partition coefficient (Wildman–Crippen LogP) is 2.59. The Morgan fingerprint density at radius 3 is 2.50 bits per heavy atom. The van der Waals surface area contributed by atoms with E-state index in [-0.39, 0.29) is 5.75 Å². The van der Waals surface area contributed by atoms with Gasteiger partial charge in [-0.2, -0.15) is 0 Å². The van der Waals surface area contributed by atoms with Gasteiger partial charge in [-0.1, -0.05) is 38.3 Å². The van der Waals surface area contributed by atoms with Crippen LogP contribution in [-0.2, 0) is 9.84 Å². The van der Waals surface area contributed by atoms with Crippen molar-refractivity contribution in [3.05, 3.63) is 24.3 Å². The molecule has 4 nitrogen and oxygen atoms in total. The average molecular weight is 297 g/mol. The summed E-state index contributed by atoms with van der Waals surface area (Å²) in [6.45, 7) is 2.05. The number of anilines is 1. The molecule has 2 rings (SSSR count). The Morgan fingerprint density at radius 1 is 1.20 bits per heavy atom. The van der Waals surface area contributed by atoms with Gasteiger partial charge in [0.15, 0.2) is 9.84 Å². The van der Waals surface area contributed by atoms with Crippen molar-refractivity contribution in [3.8, 4) is 0 Å². The normalized spacial score (nSPS) is 18.7. The molecule has 0 amide bonds. The fourth-order valence-corrected chi connectivity index (χ4v) is 3.76. The number of hydrogen-bond acceptors (Lipinski definition) is 4. The lowest BCUT2D eigenvalue weighted by molar-refractivity contribution is 0.0167. The van der Waals surface area contributed by atoms with Crippen molar-refractivity contribution in [2.24, 2.45) is 0 Å². The molecule has 0 heterocycles. The zero-order chi connectivity index (χ0) is 14.6. The first-order chi connectivity index (χ1) is 9.47. The van der Waals surface area contributed by atoms with Crippen LogP contribution in [0.1, 0.15) is 39.0 Å². The van der Waals surface area contributed by atoms with Crippen LogP contribution in [0.5, 0.6) is 0 Å². The van der Waals surface area contributed by atoms with Crippen LogP contribution in [-0.4, -0.2) is 31.4 Å². The molecule has 2 N–H and O–H groups in total. The predicted molar refractivity (Wildman–Crippen MR) is 80.7 cm³/mol. The van der Waals surface area contributed by atoms with E-state index in [0.717, 1.165) is 25.7 Å². The lowest BCUT2D eigenvalue weighted by Gasteiger charge is -2.32. The number of sulfone groups is 1. The third kappa shape index (κ3) is 3.52. The highest BCUT2D eigenvalue weighted by molar-refractivity contribution is 7.91. The van der Waals surface area contributed by atoms with Crippen LogP contribution in [0, 0.1) is 0 Å². The molecule has 0 unspecified atom stereocenters. The van der Waals surface area contributed by atoms with Crippen molar-refractivity contribution in [3.63, 3.8) is 0 Å². The van der Waals surface area contributed by atoms with Gasteiger partial charge in [0, 0.05) is 6.54 Å². The molecule has 1 aliphatic rings. The number of para-hydroxylation sites is 1. The number of nitrogens with one attached hydrogen (secondary N) is 1. The van der Waals surface area contributed by atoms with Gasteiger partial charge < -0.3 is 10.4 Å². The van der Waals surface area contributed by atoms with Crippen molar-refractivity contribution >= 4 is 15.5 Å². The second-order valence-electron chi connectivity index (χ2n) is 5.54. The van der Waals surface area contributed by atoms with Crippen molar-refractivity contribution < 1.29 is 13.5 Å². The second-order valence-corrected chi connectivity index (χ2v) is 7.78. The zero-order valence-corrected chi connectivity index (χ0v) is 12.7. The molecule has 1 aromatic rings. The Labute approximate surface area is 121 Å². The summed E-state index contributed by atoms with van der Waals surface area (Å²) in [5, 5.41) is 13.6. The van der Waals surface area contributed by atoms with E-state index in [9.17, 15) is 13.5 Å². The quantitative estimate of drug-likeness (QED) is 0.876. The molecular formula is C15H23NO3S. The molecule has 0 radical (unpaired) electrons. The molecule has 20 heavy (non-hydrogen) atoms. The average Bonchev–Trinajstić information content (AvgIpc) is 2.46. The van der Waals surface area contributed by atoms with Gasteiger partial charge in [-0.05, 0) is 25.0 Å². The minimum atomic E-state index is -3.25. The summed E-state index contributed by atoms with van der Waals surface area (Å²) in [4.78, 5) is 0.321. The van der Waals surface area contributed by atoms with E-state index >= 15 is 0 Å². The first-order valence-corrected chi connectivity index (χ1v) is 8.90. The number of benzene rings is 1. The molecule has 0 bridgehead atoms. The fraction of sp³-hybridized carbons (Fsp3) is 0.600. The van der Waals surface area contributed by atoms with Crippen molar-refractivity contribution in [1.82, 2.24) is 0 Å². The summed E-state index contributed by atoms with van der Waals surface area (Å²) >= 11 is 0. The summed E-state index contributed by atoms with van der Waals surface area (Å²) < 4.78 is 24.1. The van der Waals surface area contributed by atoms with Gasteiger partial charge in [0.25, 0.3) is 0 Å². The van der Waals surface area contributed by atoms with Gasteiger partial charge in [0.05, 0.1) is 21.9 Å². The monoisotopic (exact) mass is 297 g/mol. The fourth-order valence-electron chi connectivity index (χ4n) is 2.69. The standard InChI is InChI=1S/C15H23NO3S/c1-2-20(18,19)14-9-5-4-8-13(14)16-12-15(17)10-6-3-7-11-15/h4-5,8-9,16-17H,2-3,6-7,10-12H2,1H3. The second kappa shape index (κ2) is 6.14. The molecule has 112 valence electrons. The molecule has 0 spiro atoms. The van der Waals surface area contributed by atoms with Crippen LogP contribution >= 0.6 is 0 Å². The highest BCUT2D eigenvalue weighted by Gasteiger charge is 2.29. The molecule has 1 aromatic carbocycles. The lowest BCUT2D eigenvalue weighted by atomic mass is 9.85. The van der Waals surface area contributed by atoms with E-state index in [1.54, 1.807) is 25.1 Å². The summed E-state index contributed by atoms with van der Waals surface area (Å²) in [6.07, 6.45) is 4.80. The maximum Gasteiger partial charge on any atom is 0.180 e. The van der Waals surface area contributed by atoms with Crippen LogP contribution in [0.2, 0.25) is 0 Å². The molecule has 1 fully saturated rings. The third-order valence-electron chi connectivity index (χ3n) is 3.99. The van der Waals surface area contributed by atoms with Crippen molar-refractivity contribution in [1.29, 1.82) is 0 Å². The molecule has 0 atom stereocenters. The Bertz CT molecular complexity index is 548. The number of rotatable bonds is 5. The molecule has 0 aromatic heterocycles. The highest BCUT2D eigenvalue weighted by Crippen LogP contribution is 2.29. The van der Waals surface area contributed by atoms with E-state index < -0.39 is 15.4 Å². The van der Waals surface area contributed by atoms with Gasteiger partial charge in [0.1, 0.15) is 0 Å². The molecule has 0 aliphatic heterocycles. The Kier molecular flexibility index (Phi) is 4.70. The van der Waals surface area contributed by atoms with E-state index in [2.05, 4.69) is 5.32 Å². The van der Waals surface area contributed by atoms with E-state index in [1.165, 1.54) is 6.42 Å². The summed E-state index contributed by atoms with van der Waals surface area (Å²) in [6, 6.07) is 6.91. The van der Waals surface area contributed by atoms with Crippen LogP contribution in [0.4, 0.5) is 5.69 Å². The maximum absolute atomic E-state index is 12.1. The smallest absolute Gasteiger partial charge is 0.180 e. The van der Waals surface area contributed by atoms with Gasteiger partial charge in [0.2, 0.25) is 0 Å². The van der Waals surface area contributed by atoms with Gasteiger partial charge >= 0.3 is 0 Å². The first-order valence-electron chi connectivity index (χ1n) is 7.25. The van der Waals surface area contributed by atoms with Gasteiger partial charge in [-0.25, -0.2) is 8.42 Å². The van der Waals surface area contributed by atoms with Crippen LogP contribution in [0.25, 0.3) is 0 Å². The molecular weight excluding hydrogens is 274 g/mol. The van der Waals surface area contributed by atoms with E-state index in [4.69, 9.17) is 0 Å². The highest BCUT2D eigenvalue weighted by atomic mass is 32.2. The third-order valence-corrected chi connectivity index (χ3v) is 5.78. The van der Waals surface area contributed by atoms with Crippen LogP contribution in [0.15, 0.2) is 29.2 Å². The van der Waals surface area contributed by atoms with Crippen molar-refractivity contribution in [2.75, 3.05) is 17.6 Å². The lowest BCUT2D eigenvalue weighted by Crippen LogP contribution is -2.39. The summed E-state index contributed by atoms with van der Waals surface area (Å²) in [5.74, 6) is 0.0793. The van der Waals surface area contributed by atoms with Crippen LogP contribution < -0.4 is 5.32 Å². The van der Waals surface area contributed by atoms with Crippen molar-refractivity contribution in [2.45, 2.75) is 49.5 Å². The SMILES string of the molecule is CCS(=O)(=O)c1ccccc1NCC1(O)CCCCC1. The largest absolute Gasteiger partial charge is 0.388 e. The number of aliphatic hydroxyl groups is 1. The first kappa shape index (κ1) is 15.3. The molecule has 0 saturated heterocycles. The molecule has 1 aliphatic carbocycles. The summed E-state index contributed by atoms with van der Waals surface area (Å²) in [5.41, 5.74) is -0.116. The minimum absolute atomic E-state index is 0.0793. The molecule has 5 heteroatoms. The summed E-state index contributed by atoms with van der Waals surface area (Å²) in [7, 11) is -3.25. The Balaban J connectivity index is 2.14. The zero-order valence-electron chi connectivity index (χ0n) is 11.9. The van der Waals surface area contributed by atoms with Gasteiger partial charge in [-0.15, -0.1) is 0 Å². The topological polar surface area (TPSA) is 66.4 Å². The Morgan fingerprint density at radius 2 is 1.85 bits per heavy atom. The maximum atomic E-state index is 12.1. The molecule has 1 saturated carbocycles. The minimum Gasteiger partial charge on any atom is -0.388 e. The van der Waals surface area contributed by atoms with E-state index in [0.29, 0.717) is 17.1 Å². The van der Waals surface area contributed by atoms with Crippen LogP contribution in [0.3, 0.4) is 0 Å².